The zero-order chi connectivity index (χ0) is 23.9. The third-order valence-electron chi connectivity index (χ3n) is 6.14. The summed E-state index contributed by atoms with van der Waals surface area (Å²) < 4.78 is 31.8. The zero-order valence-electron chi connectivity index (χ0n) is 19.6. The van der Waals surface area contributed by atoms with Gasteiger partial charge in [-0.05, 0) is 49.7 Å². The number of hydrogen-bond acceptors (Lipinski definition) is 6. The predicted octanol–water partition coefficient (Wildman–Crippen LogP) is 4.61. The molecule has 0 atom stereocenters. The molecule has 0 spiro atoms. The largest absolute Gasteiger partial charge is 0.492 e. The van der Waals surface area contributed by atoms with Crippen LogP contribution in [0, 0.1) is 5.82 Å². The molecule has 1 aliphatic heterocycles. The fourth-order valence-electron chi connectivity index (χ4n) is 4.26. The van der Waals surface area contributed by atoms with Gasteiger partial charge in [0.15, 0.2) is 0 Å². The van der Waals surface area contributed by atoms with E-state index in [0.717, 1.165) is 48.6 Å². The molecule has 182 valence electrons. The van der Waals surface area contributed by atoms with Crippen molar-refractivity contribution in [3.63, 3.8) is 0 Å². The molecule has 6 nitrogen and oxygen atoms in total. The molecule has 0 unspecified atom stereocenters. The standard InChI is InChI=1S/C26H31FN2O4S/c1-29(19-9-12-32-13-10-19)11-14-33-20-6-3-5-18(15-20)16-28-26(30)25-21(17-31-2)24-22(27)7-4-8-23(24)34-25/h3-8,15,19H,9-14,16-17H2,1-2H3,(H,28,30). The van der Waals surface area contributed by atoms with Gasteiger partial charge in [-0.2, -0.15) is 0 Å². The van der Waals surface area contributed by atoms with E-state index in [1.165, 1.54) is 17.4 Å². The second-order valence-corrected chi connectivity index (χ2v) is 9.51. The van der Waals surface area contributed by atoms with Gasteiger partial charge in [0.1, 0.15) is 18.2 Å². The van der Waals surface area contributed by atoms with E-state index < -0.39 is 0 Å². The third-order valence-corrected chi connectivity index (χ3v) is 7.33. The van der Waals surface area contributed by atoms with Crippen molar-refractivity contribution in [2.45, 2.75) is 32.0 Å². The Labute approximate surface area is 203 Å². The van der Waals surface area contributed by atoms with Gasteiger partial charge in [-0.1, -0.05) is 18.2 Å². The Kier molecular flexibility index (Phi) is 8.50. The van der Waals surface area contributed by atoms with Crippen LogP contribution >= 0.6 is 11.3 Å². The number of nitrogens with zero attached hydrogens (tertiary/aromatic N) is 1. The minimum absolute atomic E-state index is 0.176. The molecule has 2 heterocycles. The summed E-state index contributed by atoms with van der Waals surface area (Å²) in [7, 11) is 3.67. The van der Waals surface area contributed by atoms with Crippen molar-refractivity contribution < 1.29 is 23.4 Å². The highest BCUT2D eigenvalue weighted by atomic mass is 32.1. The predicted molar refractivity (Wildman–Crippen MR) is 132 cm³/mol. The number of amides is 1. The van der Waals surface area contributed by atoms with Crippen LogP contribution in [0.15, 0.2) is 42.5 Å². The number of carbonyl (C=O) groups is 1. The van der Waals surface area contributed by atoms with Gasteiger partial charge in [0.2, 0.25) is 0 Å². The normalized spacial score (nSPS) is 14.6. The second kappa shape index (κ2) is 11.8. The summed E-state index contributed by atoms with van der Waals surface area (Å²) in [6, 6.07) is 13.2. The molecule has 1 aliphatic rings. The van der Waals surface area contributed by atoms with Crippen LogP contribution < -0.4 is 10.1 Å². The van der Waals surface area contributed by atoms with Gasteiger partial charge in [0.05, 0.1) is 11.5 Å². The lowest BCUT2D eigenvalue weighted by molar-refractivity contribution is 0.0392. The van der Waals surface area contributed by atoms with Crippen LogP contribution in [0.4, 0.5) is 4.39 Å². The number of likely N-dealkylation sites (N-methyl/N-ethyl adjacent to an activating group) is 1. The summed E-state index contributed by atoms with van der Waals surface area (Å²) in [6.07, 6.45) is 2.12. The molecule has 3 aromatic rings. The van der Waals surface area contributed by atoms with Crippen molar-refractivity contribution in [1.82, 2.24) is 10.2 Å². The van der Waals surface area contributed by atoms with Gasteiger partial charge in [-0.3, -0.25) is 9.69 Å². The van der Waals surface area contributed by atoms with E-state index >= 15 is 0 Å². The molecule has 1 N–H and O–H groups in total. The number of rotatable bonds is 10. The molecular formula is C26H31FN2O4S. The first-order valence-electron chi connectivity index (χ1n) is 11.5. The van der Waals surface area contributed by atoms with E-state index in [1.807, 2.05) is 30.3 Å². The molecule has 0 bridgehead atoms. The van der Waals surface area contributed by atoms with E-state index in [9.17, 15) is 9.18 Å². The van der Waals surface area contributed by atoms with Crippen LogP contribution in [0.5, 0.6) is 5.75 Å². The number of carbonyl (C=O) groups excluding carboxylic acids is 1. The number of hydrogen-bond donors (Lipinski definition) is 1. The van der Waals surface area contributed by atoms with Crippen LogP contribution in [0.1, 0.15) is 33.6 Å². The van der Waals surface area contributed by atoms with Crippen molar-refractivity contribution in [2.24, 2.45) is 0 Å². The van der Waals surface area contributed by atoms with Gasteiger partial charge in [-0.25, -0.2) is 4.39 Å². The summed E-state index contributed by atoms with van der Waals surface area (Å²) in [5.41, 5.74) is 1.52. The van der Waals surface area contributed by atoms with Crippen LogP contribution in [0.25, 0.3) is 10.1 Å². The van der Waals surface area contributed by atoms with Gasteiger partial charge in [-0.15, -0.1) is 11.3 Å². The zero-order valence-corrected chi connectivity index (χ0v) is 20.5. The summed E-state index contributed by atoms with van der Waals surface area (Å²) in [4.78, 5) is 15.8. The highest BCUT2D eigenvalue weighted by molar-refractivity contribution is 7.21. The smallest absolute Gasteiger partial charge is 0.262 e. The first-order valence-corrected chi connectivity index (χ1v) is 12.3. The third kappa shape index (κ3) is 5.93. The lowest BCUT2D eigenvalue weighted by Gasteiger charge is -2.31. The number of ether oxygens (including phenoxy) is 3. The molecule has 2 aromatic carbocycles. The second-order valence-electron chi connectivity index (χ2n) is 8.46. The number of halogens is 1. The van der Waals surface area contributed by atoms with E-state index in [2.05, 4.69) is 17.3 Å². The number of nitrogens with one attached hydrogen (secondary N) is 1. The minimum atomic E-state index is -0.341. The van der Waals surface area contributed by atoms with Crippen LogP contribution in [0.2, 0.25) is 0 Å². The maximum atomic E-state index is 14.4. The number of methoxy groups -OCH3 is 1. The van der Waals surface area contributed by atoms with E-state index in [1.54, 1.807) is 13.2 Å². The first kappa shape index (κ1) is 24.6. The van der Waals surface area contributed by atoms with Crippen LogP contribution in [-0.4, -0.2) is 57.4 Å². The number of fused-ring (bicyclic) bond motifs is 1. The molecule has 1 aromatic heterocycles. The van der Waals surface area contributed by atoms with Crippen molar-refractivity contribution in [2.75, 3.05) is 40.5 Å². The van der Waals surface area contributed by atoms with Crippen molar-refractivity contribution in [3.8, 4) is 5.75 Å². The summed E-state index contributed by atoms with van der Waals surface area (Å²) >= 11 is 1.28. The molecule has 0 radical (unpaired) electrons. The highest BCUT2D eigenvalue weighted by Crippen LogP contribution is 2.33. The molecule has 1 saturated heterocycles. The lowest BCUT2D eigenvalue weighted by atomic mass is 10.1. The quantitative estimate of drug-likeness (QED) is 0.454. The summed E-state index contributed by atoms with van der Waals surface area (Å²) in [6.45, 7) is 3.62. The minimum Gasteiger partial charge on any atom is -0.492 e. The molecule has 1 fully saturated rings. The van der Waals surface area contributed by atoms with Crippen LogP contribution in [-0.2, 0) is 22.6 Å². The Morgan fingerprint density at radius 3 is 2.82 bits per heavy atom. The Morgan fingerprint density at radius 1 is 1.24 bits per heavy atom. The van der Waals surface area contributed by atoms with Crippen molar-refractivity contribution in [3.05, 3.63) is 64.3 Å². The monoisotopic (exact) mass is 486 g/mol. The van der Waals surface area contributed by atoms with E-state index in [4.69, 9.17) is 14.2 Å². The van der Waals surface area contributed by atoms with Gasteiger partial charge in [0, 0.05) is 55.1 Å². The molecule has 4 rings (SSSR count). The van der Waals surface area contributed by atoms with Crippen LogP contribution in [0.3, 0.4) is 0 Å². The number of benzene rings is 2. The topological polar surface area (TPSA) is 60.0 Å². The maximum absolute atomic E-state index is 14.4. The van der Waals surface area contributed by atoms with Gasteiger partial charge in [0.25, 0.3) is 5.91 Å². The molecule has 0 saturated carbocycles. The highest BCUT2D eigenvalue weighted by Gasteiger charge is 2.21. The average molecular weight is 487 g/mol. The average Bonchev–Trinajstić information content (AvgIpc) is 3.23. The van der Waals surface area contributed by atoms with Gasteiger partial charge >= 0.3 is 0 Å². The SMILES string of the molecule is COCc1c(C(=O)NCc2cccc(OCCN(C)C3CCOCC3)c2)sc2cccc(F)c12. The van der Waals surface area contributed by atoms with Crippen molar-refractivity contribution >= 4 is 27.3 Å². The Hall–Kier alpha value is -2.52. The van der Waals surface area contributed by atoms with E-state index in [-0.39, 0.29) is 18.3 Å². The van der Waals surface area contributed by atoms with Crippen molar-refractivity contribution in [1.29, 1.82) is 0 Å². The fraction of sp³-hybridized carbons (Fsp3) is 0.423. The maximum Gasteiger partial charge on any atom is 0.262 e. The molecule has 0 aliphatic carbocycles. The fourth-order valence-corrected chi connectivity index (χ4v) is 5.39. The Balaban J connectivity index is 1.34. The summed E-state index contributed by atoms with van der Waals surface area (Å²) in [5, 5.41) is 3.42. The molecular weight excluding hydrogens is 455 g/mol. The molecule has 1 amide bonds. The Morgan fingerprint density at radius 2 is 2.03 bits per heavy atom. The lowest BCUT2D eigenvalue weighted by Crippen LogP contribution is -2.38. The summed E-state index contributed by atoms with van der Waals surface area (Å²) in [5.74, 6) is 0.195. The Bertz CT molecular complexity index is 1110. The molecule has 8 heteroatoms. The first-order chi connectivity index (χ1) is 16.6. The van der Waals surface area contributed by atoms with E-state index in [0.29, 0.717) is 35.0 Å². The van der Waals surface area contributed by atoms with Gasteiger partial charge < -0.3 is 19.5 Å². The number of thiophene rings is 1. The molecule has 34 heavy (non-hydrogen) atoms.